The van der Waals surface area contributed by atoms with E-state index in [-0.39, 0.29) is 35.9 Å². The molecule has 1 aliphatic rings. The number of pyridine rings is 1. The lowest BCUT2D eigenvalue weighted by atomic mass is 9.98. The summed E-state index contributed by atoms with van der Waals surface area (Å²) in [6.07, 6.45) is 1.11. The highest BCUT2D eigenvalue weighted by Gasteiger charge is 2.37. The molecule has 200 valence electrons. The Balaban J connectivity index is 1.46. The normalized spacial score (nSPS) is 22.0. The van der Waals surface area contributed by atoms with Crippen molar-refractivity contribution >= 4 is 53.9 Å². The molecule has 12 heteroatoms. The fourth-order valence-electron chi connectivity index (χ4n) is 4.50. The van der Waals surface area contributed by atoms with Gasteiger partial charge in [0.05, 0.1) is 17.0 Å². The Labute approximate surface area is 225 Å². The Morgan fingerprint density at radius 1 is 1.22 bits per heavy atom. The molecule has 0 saturated carbocycles. The van der Waals surface area contributed by atoms with Crippen molar-refractivity contribution in [3.63, 3.8) is 0 Å². The van der Waals surface area contributed by atoms with Crippen LogP contribution >= 0.6 is 22.7 Å². The Morgan fingerprint density at radius 2 is 2.00 bits per heavy atom. The van der Waals surface area contributed by atoms with Gasteiger partial charge in [0.2, 0.25) is 5.91 Å². The fraction of sp³-hybridized carbons (Fsp3) is 0.480. The molecule has 0 radical (unpaired) electrons. The molecule has 2 amide bonds. The number of fused-ring (bicyclic) bond motifs is 1. The smallest absolute Gasteiger partial charge is 0.262 e. The van der Waals surface area contributed by atoms with Gasteiger partial charge in [0.1, 0.15) is 6.04 Å². The van der Waals surface area contributed by atoms with Gasteiger partial charge in [-0.3, -0.25) is 9.59 Å². The number of aromatic nitrogens is 1. The fourth-order valence-corrected chi connectivity index (χ4v) is 8.02. The SMILES string of the molecule is CC(C)C[C@H](NC(=O)c1cc2sccc2s1)C(=O)N[C@@H]1C[C@@H](C)CN(S(=O)(=O)c2ccccn2)C[C@@H]1O. The van der Waals surface area contributed by atoms with Gasteiger partial charge in [-0.1, -0.05) is 26.8 Å². The molecule has 4 atom stereocenters. The minimum atomic E-state index is -3.89. The highest BCUT2D eigenvalue weighted by molar-refractivity contribution is 7.89. The lowest BCUT2D eigenvalue weighted by molar-refractivity contribution is -0.125. The molecule has 1 saturated heterocycles. The largest absolute Gasteiger partial charge is 0.390 e. The van der Waals surface area contributed by atoms with Gasteiger partial charge in [-0.05, 0) is 54.3 Å². The van der Waals surface area contributed by atoms with E-state index in [1.807, 2.05) is 38.3 Å². The quantitative estimate of drug-likeness (QED) is 0.386. The van der Waals surface area contributed by atoms with Gasteiger partial charge in [-0.15, -0.1) is 22.7 Å². The second-order valence-corrected chi connectivity index (χ2v) is 13.8. The summed E-state index contributed by atoms with van der Waals surface area (Å²) >= 11 is 2.94. The zero-order chi connectivity index (χ0) is 26.7. The summed E-state index contributed by atoms with van der Waals surface area (Å²) < 4.78 is 29.5. The topological polar surface area (TPSA) is 129 Å². The summed E-state index contributed by atoms with van der Waals surface area (Å²) in [7, 11) is -3.89. The first kappa shape index (κ1) is 27.6. The number of sulfonamides is 1. The highest BCUT2D eigenvalue weighted by Crippen LogP contribution is 2.30. The van der Waals surface area contributed by atoms with Gasteiger partial charge in [-0.25, -0.2) is 13.4 Å². The summed E-state index contributed by atoms with van der Waals surface area (Å²) in [5.74, 6) is -0.688. The number of nitrogens with zero attached hydrogens (tertiary/aromatic N) is 2. The lowest BCUT2D eigenvalue weighted by Crippen LogP contribution is -2.54. The van der Waals surface area contributed by atoms with Crippen LogP contribution < -0.4 is 10.6 Å². The van der Waals surface area contributed by atoms with Gasteiger partial charge < -0.3 is 15.7 Å². The van der Waals surface area contributed by atoms with E-state index in [0.29, 0.717) is 17.7 Å². The van der Waals surface area contributed by atoms with Crippen LogP contribution in [0.4, 0.5) is 0 Å². The summed E-state index contributed by atoms with van der Waals surface area (Å²) in [5, 5.41) is 18.6. The summed E-state index contributed by atoms with van der Waals surface area (Å²) in [4.78, 5) is 30.8. The van der Waals surface area contributed by atoms with Crippen molar-refractivity contribution in [3.05, 3.63) is 46.8 Å². The number of nitrogens with one attached hydrogen (secondary N) is 2. The van der Waals surface area contributed by atoms with Crippen LogP contribution in [0.25, 0.3) is 9.40 Å². The predicted octanol–water partition coefficient (Wildman–Crippen LogP) is 3.08. The molecule has 3 aromatic rings. The number of β-amino-alcohol motifs (C(OH)–C–C–N with tert-alkyl or cyclic N) is 1. The molecule has 0 aromatic carbocycles. The zero-order valence-corrected chi connectivity index (χ0v) is 23.4. The van der Waals surface area contributed by atoms with Crippen LogP contribution in [0.5, 0.6) is 0 Å². The molecule has 0 spiro atoms. The van der Waals surface area contributed by atoms with Gasteiger partial charge in [0, 0.05) is 28.7 Å². The lowest BCUT2D eigenvalue weighted by Gasteiger charge is -2.27. The van der Waals surface area contributed by atoms with Crippen molar-refractivity contribution in [1.29, 1.82) is 0 Å². The van der Waals surface area contributed by atoms with Crippen LogP contribution in [0.1, 0.15) is 43.3 Å². The predicted molar refractivity (Wildman–Crippen MR) is 145 cm³/mol. The number of thiophene rings is 2. The number of hydrogen-bond donors (Lipinski definition) is 3. The van der Waals surface area contributed by atoms with E-state index in [4.69, 9.17) is 0 Å². The highest BCUT2D eigenvalue weighted by atomic mass is 32.2. The Bertz CT molecular complexity index is 1310. The number of carbonyl (C=O) groups is 2. The Kier molecular flexibility index (Phi) is 8.64. The average molecular weight is 565 g/mol. The minimum Gasteiger partial charge on any atom is -0.390 e. The third kappa shape index (κ3) is 6.55. The molecular formula is C25H32N4O5S3. The molecule has 0 aliphatic carbocycles. The molecule has 9 nitrogen and oxygen atoms in total. The number of carbonyl (C=O) groups excluding carboxylic acids is 2. The Hall–Kier alpha value is -2.38. The van der Waals surface area contributed by atoms with E-state index in [1.54, 1.807) is 23.5 Å². The van der Waals surface area contributed by atoms with E-state index in [1.165, 1.54) is 27.9 Å². The Morgan fingerprint density at radius 3 is 2.68 bits per heavy atom. The van der Waals surface area contributed by atoms with Gasteiger partial charge >= 0.3 is 0 Å². The summed E-state index contributed by atoms with van der Waals surface area (Å²) in [6, 6.07) is 7.01. The van der Waals surface area contributed by atoms with Gasteiger partial charge in [-0.2, -0.15) is 4.31 Å². The average Bonchev–Trinajstić information content (AvgIpc) is 3.42. The van der Waals surface area contributed by atoms with Crippen LogP contribution in [0.2, 0.25) is 0 Å². The van der Waals surface area contributed by atoms with E-state index in [9.17, 15) is 23.1 Å². The molecule has 4 heterocycles. The maximum atomic E-state index is 13.3. The van der Waals surface area contributed by atoms with Crippen LogP contribution in [0, 0.1) is 11.8 Å². The molecule has 1 fully saturated rings. The first-order valence-electron chi connectivity index (χ1n) is 12.2. The first-order valence-corrected chi connectivity index (χ1v) is 15.4. The van der Waals surface area contributed by atoms with E-state index < -0.39 is 34.1 Å². The number of rotatable bonds is 8. The molecular weight excluding hydrogens is 532 g/mol. The second-order valence-electron chi connectivity index (χ2n) is 9.93. The number of hydrogen-bond acceptors (Lipinski definition) is 8. The van der Waals surface area contributed by atoms with E-state index >= 15 is 0 Å². The molecule has 1 aliphatic heterocycles. The molecule has 0 bridgehead atoms. The van der Waals surface area contributed by atoms with E-state index in [2.05, 4.69) is 15.6 Å². The summed E-state index contributed by atoms with van der Waals surface area (Å²) in [6.45, 7) is 5.85. The van der Waals surface area contributed by atoms with Gasteiger partial charge in [0.15, 0.2) is 5.03 Å². The molecule has 0 unspecified atom stereocenters. The number of aliphatic hydroxyl groups is 1. The number of amides is 2. The van der Waals surface area contributed by atoms with Crippen molar-refractivity contribution in [2.24, 2.45) is 11.8 Å². The molecule has 37 heavy (non-hydrogen) atoms. The van der Waals surface area contributed by atoms with Crippen LogP contribution in [-0.2, 0) is 14.8 Å². The third-order valence-electron chi connectivity index (χ3n) is 6.29. The standard InChI is InChI=1S/C25H32N4O5S3/c1-15(2)10-18(28-25(32)22-12-21-20(36-22)7-9-35-21)24(31)27-17-11-16(3)13-29(14-19(17)30)37(33,34)23-6-4-5-8-26-23/h4-9,12,15-19,30H,10-11,13-14H2,1-3H3,(H,27,31)(H,28,32)/t16-,17-,18+,19+/m1/s1. The van der Waals surface area contributed by atoms with Crippen LogP contribution in [0.15, 0.2) is 46.9 Å². The number of aliphatic hydroxyl groups excluding tert-OH is 1. The summed E-state index contributed by atoms with van der Waals surface area (Å²) in [5.41, 5.74) is 0. The second kappa shape index (κ2) is 11.6. The third-order valence-corrected chi connectivity index (χ3v) is 10.1. The van der Waals surface area contributed by atoms with Crippen molar-refractivity contribution in [2.45, 2.75) is 56.8 Å². The first-order chi connectivity index (χ1) is 17.5. The molecule has 4 rings (SSSR count). The van der Waals surface area contributed by atoms with Crippen molar-refractivity contribution in [2.75, 3.05) is 13.1 Å². The maximum Gasteiger partial charge on any atom is 0.262 e. The zero-order valence-electron chi connectivity index (χ0n) is 21.0. The van der Waals surface area contributed by atoms with Crippen LogP contribution in [-0.4, -0.2) is 65.9 Å². The monoisotopic (exact) mass is 564 g/mol. The maximum absolute atomic E-state index is 13.3. The van der Waals surface area contributed by atoms with Crippen molar-refractivity contribution in [3.8, 4) is 0 Å². The van der Waals surface area contributed by atoms with E-state index in [0.717, 1.165) is 9.40 Å². The van der Waals surface area contributed by atoms with Gasteiger partial charge in [0.25, 0.3) is 15.9 Å². The minimum absolute atomic E-state index is 0.0787. The molecule has 3 N–H and O–H groups in total. The van der Waals surface area contributed by atoms with Crippen molar-refractivity contribution < 1.29 is 23.1 Å². The van der Waals surface area contributed by atoms with Crippen molar-refractivity contribution in [1.82, 2.24) is 19.9 Å². The molecule has 3 aromatic heterocycles. The van der Waals surface area contributed by atoms with Crippen LogP contribution in [0.3, 0.4) is 0 Å².